The molecule has 2 aliphatic heterocycles. The normalized spacial score (nSPS) is 19.5. The second kappa shape index (κ2) is 12.7. The van der Waals surface area contributed by atoms with Crippen molar-refractivity contribution < 1.29 is 23.8 Å². The summed E-state index contributed by atoms with van der Waals surface area (Å²) < 4.78 is 16.6. The molecule has 0 aliphatic carbocycles. The summed E-state index contributed by atoms with van der Waals surface area (Å²) >= 11 is 9.14. The van der Waals surface area contributed by atoms with Gasteiger partial charge in [-0.1, -0.05) is 61.5 Å². The molecule has 40 heavy (non-hydrogen) atoms. The average Bonchev–Trinajstić information content (AvgIpc) is 3.51. The second-order valence-corrected chi connectivity index (χ2v) is 12.3. The zero-order valence-corrected chi connectivity index (χ0v) is 24.7. The number of benzene rings is 2. The Hall–Kier alpha value is -2.98. The molecule has 7 nitrogen and oxygen atoms in total. The summed E-state index contributed by atoms with van der Waals surface area (Å²) in [5.41, 5.74) is 1.94. The number of anilines is 1. The third-order valence-electron chi connectivity index (χ3n) is 6.75. The Balaban J connectivity index is 1.54. The number of hydrogen-bond donors (Lipinski definition) is 1. The van der Waals surface area contributed by atoms with E-state index in [2.05, 4.69) is 22.3 Å². The molecule has 3 heterocycles. The molecule has 1 fully saturated rings. The predicted octanol–water partition coefficient (Wildman–Crippen LogP) is 6.81. The smallest absolute Gasteiger partial charge is 0.434 e. The molecule has 1 amide bonds. The first-order chi connectivity index (χ1) is 19.4. The minimum atomic E-state index is -0.946. The van der Waals surface area contributed by atoms with Gasteiger partial charge in [-0.15, -0.1) is 0 Å². The SMILES string of the molecule is CC(C)COC(=O)OC1=C(Sc2ccccc2Cl)C(=O)NC(c2ccc(N3CCOCC3)cc2)(c2ccsc2)C1. The van der Waals surface area contributed by atoms with Crippen LogP contribution < -0.4 is 10.2 Å². The van der Waals surface area contributed by atoms with Crippen LogP contribution in [0.5, 0.6) is 0 Å². The highest BCUT2D eigenvalue weighted by Gasteiger charge is 2.44. The molecule has 210 valence electrons. The van der Waals surface area contributed by atoms with Gasteiger partial charge in [-0.2, -0.15) is 11.3 Å². The number of carbonyl (C=O) groups is 2. The van der Waals surface area contributed by atoms with E-state index in [1.165, 1.54) is 11.8 Å². The van der Waals surface area contributed by atoms with Gasteiger partial charge in [-0.05, 0) is 58.1 Å². The molecular formula is C30H31ClN2O5S2. The zero-order valence-electron chi connectivity index (χ0n) is 22.4. The first-order valence-corrected chi connectivity index (χ1v) is 15.3. The highest BCUT2D eigenvalue weighted by molar-refractivity contribution is 8.04. The van der Waals surface area contributed by atoms with Crippen molar-refractivity contribution in [1.82, 2.24) is 5.32 Å². The van der Waals surface area contributed by atoms with Crippen molar-refractivity contribution in [1.29, 1.82) is 0 Å². The third-order valence-corrected chi connectivity index (χ3v) is 9.07. The van der Waals surface area contributed by atoms with E-state index in [0.717, 1.165) is 29.9 Å². The molecule has 0 bridgehead atoms. The van der Waals surface area contributed by atoms with Crippen LogP contribution in [0.25, 0.3) is 0 Å². The van der Waals surface area contributed by atoms with Gasteiger partial charge in [0.05, 0.1) is 30.4 Å². The molecular weight excluding hydrogens is 568 g/mol. The number of amides is 1. The van der Waals surface area contributed by atoms with Crippen LogP contribution in [-0.4, -0.2) is 45.0 Å². The highest BCUT2D eigenvalue weighted by atomic mass is 35.5. The molecule has 2 aromatic carbocycles. The van der Waals surface area contributed by atoms with Crippen molar-refractivity contribution in [2.24, 2.45) is 5.92 Å². The number of thiophene rings is 1. The van der Waals surface area contributed by atoms with Gasteiger partial charge in [-0.25, -0.2) is 4.79 Å². The van der Waals surface area contributed by atoms with Gasteiger partial charge in [0.1, 0.15) is 10.7 Å². The van der Waals surface area contributed by atoms with E-state index in [1.54, 1.807) is 17.4 Å². The molecule has 1 aromatic heterocycles. The Morgan fingerprint density at radius 3 is 2.55 bits per heavy atom. The lowest BCUT2D eigenvalue weighted by Crippen LogP contribution is -2.50. The van der Waals surface area contributed by atoms with Gasteiger partial charge >= 0.3 is 6.16 Å². The first kappa shape index (κ1) is 28.5. The lowest BCUT2D eigenvalue weighted by atomic mass is 9.79. The zero-order chi connectivity index (χ0) is 28.1. The van der Waals surface area contributed by atoms with Crippen LogP contribution in [0.4, 0.5) is 10.5 Å². The summed E-state index contributed by atoms with van der Waals surface area (Å²) in [5.74, 6) is 0.0280. The predicted molar refractivity (Wildman–Crippen MR) is 159 cm³/mol. The van der Waals surface area contributed by atoms with E-state index in [4.69, 9.17) is 25.8 Å². The molecule has 1 atom stereocenters. The van der Waals surface area contributed by atoms with Crippen LogP contribution in [-0.2, 0) is 24.5 Å². The van der Waals surface area contributed by atoms with Crippen molar-refractivity contribution in [3.05, 3.63) is 92.2 Å². The largest absolute Gasteiger partial charge is 0.513 e. The molecule has 0 spiro atoms. The monoisotopic (exact) mass is 598 g/mol. The summed E-state index contributed by atoms with van der Waals surface area (Å²) in [5, 5.41) is 7.76. The molecule has 1 N–H and O–H groups in total. The Bertz CT molecular complexity index is 1370. The van der Waals surface area contributed by atoms with E-state index < -0.39 is 11.7 Å². The van der Waals surface area contributed by atoms with E-state index in [-0.39, 0.29) is 35.5 Å². The number of rotatable bonds is 8. The molecule has 0 radical (unpaired) electrons. The first-order valence-electron chi connectivity index (χ1n) is 13.1. The van der Waals surface area contributed by atoms with Crippen LogP contribution in [0, 0.1) is 5.92 Å². The van der Waals surface area contributed by atoms with Crippen molar-refractivity contribution >= 4 is 52.4 Å². The van der Waals surface area contributed by atoms with Gasteiger partial charge in [0.25, 0.3) is 5.91 Å². The quantitative estimate of drug-likeness (QED) is 0.285. The topological polar surface area (TPSA) is 77.1 Å². The number of thioether (sulfide) groups is 1. The fraction of sp³-hybridized carbons (Fsp3) is 0.333. The number of ether oxygens (including phenoxy) is 3. The van der Waals surface area contributed by atoms with Crippen molar-refractivity contribution in [2.45, 2.75) is 30.7 Å². The molecule has 3 aromatic rings. The van der Waals surface area contributed by atoms with Crippen molar-refractivity contribution in [3.63, 3.8) is 0 Å². The number of morpholine rings is 1. The standard InChI is InChI=1S/C30H31ClN2O5S2/c1-20(2)18-37-29(35)38-25-17-30(22-11-16-39-19-22,21-7-9-23(10-8-21)33-12-14-36-15-13-33)32-28(34)27(25)40-26-6-4-3-5-24(26)31/h3-11,16,19-20H,12-15,17-18H2,1-2H3,(H,32,34). The Kier molecular flexibility index (Phi) is 9.05. The van der Waals surface area contributed by atoms with Crippen LogP contribution in [0.3, 0.4) is 0 Å². The van der Waals surface area contributed by atoms with Gasteiger partial charge in [0, 0.05) is 30.1 Å². The van der Waals surface area contributed by atoms with E-state index in [0.29, 0.717) is 23.1 Å². The Labute approximate surface area is 247 Å². The lowest BCUT2D eigenvalue weighted by Gasteiger charge is -2.39. The molecule has 0 saturated carbocycles. The maximum absolute atomic E-state index is 13.9. The van der Waals surface area contributed by atoms with Crippen LogP contribution in [0.1, 0.15) is 31.4 Å². The Morgan fingerprint density at radius 2 is 1.88 bits per heavy atom. The summed E-state index contributed by atoms with van der Waals surface area (Å²) in [7, 11) is 0. The van der Waals surface area contributed by atoms with Gasteiger partial charge in [0.2, 0.25) is 0 Å². The van der Waals surface area contributed by atoms with Crippen molar-refractivity contribution in [3.8, 4) is 0 Å². The minimum absolute atomic E-state index is 0.142. The minimum Gasteiger partial charge on any atom is -0.434 e. The Morgan fingerprint density at radius 1 is 1.12 bits per heavy atom. The van der Waals surface area contributed by atoms with E-state index in [9.17, 15) is 9.59 Å². The summed E-state index contributed by atoms with van der Waals surface area (Å²) in [6.07, 6.45) is -0.617. The number of halogens is 1. The number of carbonyl (C=O) groups excluding carboxylic acids is 2. The maximum atomic E-state index is 13.9. The second-order valence-electron chi connectivity index (χ2n) is 10.0. The fourth-order valence-corrected chi connectivity index (χ4v) is 6.62. The van der Waals surface area contributed by atoms with Crippen LogP contribution >= 0.6 is 34.7 Å². The molecule has 1 saturated heterocycles. The molecule has 10 heteroatoms. The average molecular weight is 599 g/mol. The van der Waals surface area contributed by atoms with Crippen molar-refractivity contribution in [2.75, 3.05) is 37.8 Å². The van der Waals surface area contributed by atoms with E-state index >= 15 is 0 Å². The molecule has 2 aliphatic rings. The fourth-order valence-electron chi connectivity index (χ4n) is 4.73. The summed E-state index contributed by atoms with van der Waals surface area (Å²) in [6, 6.07) is 17.4. The van der Waals surface area contributed by atoms with Gasteiger partial charge < -0.3 is 24.4 Å². The molecule has 5 rings (SSSR count). The van der Waals surface area contributed by atoms with Gasteiger partial charge in [-0.3, -0.25) is 4.79 Å². The lowest BCUT2D eigenvalue weighted by molar-refractivity contribution is -0.119. The van der Waals surface area contributed by atoms with Crippen LogP contribution in [0.15, 0.2) is 80.9 Å². The number of hydrogen-bond acceptors (Lipinski definition) is 8. The van der Waals surface area contributed by atoms with Gasteiger partial charge in [0.15, 0.2) is 0 Å². The number of nitrogens with one attached hydrogen (secondary N) is 1. The highest BCUT2D eigenvalue weighted by Crippen LogP contribution is 2.45. The maximum Gasteiger partial charge on any atom is 0.513 e. The van der Waals surface area contributed by atoms with Crippen LogP contribution in [0.2, 0.25) is 5.02 Å². The summed E-state index contributed by atoms with van der Waals surface area (Å²) in [6.45, 7) is 7.15. The third kappa shape index (κ3) is 6.33. The van der Waals surface area contributed by atoms with E-state index in [1.807, 2.05) is 61.0 Å². The molecule has 1 unspecified atom stereocenters. The number of nitrogens with zero attached hydrogens (tertiary/aromatic N) is 1. The summed E-state index contributed by atoms with van der Waals surface area (Å²) in [4.78, 5) is 29.9.